The maximum atomic E-state index is 13.4. The van der Waals surface area contributed by atoms with Crippen LogP contribution in [-0.2, 0) is 21.2 Å². The normalized spacial score (nSPS) is 15.3. The molecule has 0 atom stereocenters. The van der Waals surface area contributed by atoms with E-state index in [2.05, 4.69) is 0 Å². The number of amides is 1. The van der Waals surface area contributed by atoms with E-state index < -0.39 is 21.7 Å². The van der Waals surface area contributed by atoms with Crippen LogP contribution in [0, 0.1) is 11.6 Å². The third kappa shape index (κ3) is 5.00. The van der Waals surface area contributed by atoms with Gasteiger partial charge in [0.2, 0.25) is 15.9 Å². The van der Waals surface area contributed by atoms with Gasteiger partial charge in [-0.3, -0.25) is 4.79 Å². The fourth-order valence-corrected chi connectivity index (χ4v) is 4.86. The minimum absolute atomic E-state index is 0.160. The second-order valence-electron chi connectivity index (χ2n) is 7.16. The van der Waals surface area contributed by atoms with Gasteiger partial charge in [-0.1, -0.05) is 18.6 Å². The third-order valence-corrected chi connectivity index (χ3v) is 7.08. The Labute approximate surface area is 170 Å². The van der Waals surface area contributed by atoms with Gasteiger partial charge in [0.25, 0.3) is 0 Å². The molecule has 0 N–H and O–H groups in total. The summed E-state index contributed by atoms with van der Waals surface area (Å²) in [6.45, 7) is 1.10. The number of hydrogen-bond acceptors (Lipinski definition) is 3. The van der Waals surface area contributed by atoms with Crippen LogP contribution in [0.15, 0.2) is 47.4 Å². The van der Waals surface area contributed by atoms with Crippen LogP contribution in [0.5, 0.6) is 0 Å². The number of sulfonamides is 1. The maximum absolute atomic E-state index is 13.4. The Morgan fingerprint density at radius 1 is 1.00 bits per heavy atom. The quantitative estimate of drug-likeness (QED) is 0.713. The van der Waals surface area contributed by atoms with Crippen LogP contribution < -0.4 is 4.90 Å². The largest absolute Gasteiger partial charge is 0.315 e. The van der Waals surface area contributed by atoms with E-state index >= 15 is 0 Å². The average molecular weight is 422 g/mol. The Hall–Kier alpha value is -2.32. The van der Waals surface area contributed by atoms with E-state index in [0.29, 0.717) is 19.5 Å². The van der Waals surface area contributed by atoms with Crippen LogP contribution in [-0.4, -0.2) is 38.8 Å². The van der Waals surface area contributed by atoms with Crippen molar-refractivity contribution in [1.29, 1.82) is 0 Å². The van der Waals surface area contributed by atoms with Gasteiger partial charge in [-0.2, -0.15) is 4.31 Å². The van der Waals surface area contributed by atoms with E-state index in [-0.39, 0.29) is 22.9 Å². The van der Waals surface area contributed by atoms with Crippen molar-refractivity contribution >= 4 is 21.6 Å². The maximum Gasteiger partial charge on any atom is 0.243 e. The number of benzene rings is 2. The zero-order chi connectivity index (χ0) is 21.0. The highest BCUT2D eigenvalue weighted by molar-refractivity contribution is 7.89. The number of anilines is 1. The van der Waals surface area contributed by atoms with Crippen molar-refractivity contribution < 1.29 is 22.0 Å². The number of halogens is 2. The molecule has 1 heterocycles. The molecule has 1 saturated heterocycles. The molecule has 5 nitrogen and oxygen atoms in total. The summed E-state index contributed by atoms with van der Waals surface area (Å²) < 4.78 is 53.3. The smallest absolute Gasteiger partial charge is 0.243 e. The molecule has 0 spiro atoms. The number of piperidine rings is 1. The van der Waals surface area contributed by atoms with Gasteiger partial charge in [0.1, 0.15) is 0 Å². The third-order valence-electron chi connectivity index (χ3n) is 5.17. The summed E-state index contributed by atoms with van der Waals surface area (Å²) in [4.78, 5) is 13.9. The molecule has 156 valence electrons. The lowest BCUT2D eigenvalue weighted by molar-refractivity contribution is -0.118. The lowest BCUT2D eigenvalue weighted by Gasteiger charge is -2.25. The molecular formula is C21H24F2N2O3S. The highest BCUT2D eigenvalue weighted by Gasteiger charge is 2.25. The van der Waals surface area contributed by atoms with Crippen molar-refractivity contribution in [2.24, 2.45) is 0 Å². The van der Waals surface area contributed by atoms with Gasteiger partial charge >= 0.3 is 0 Å². The molecule has 1 aliphatic heterocycles. The first-order chi connectivity index (χ1) is 13.8. The lowest BCUT2D eigenvalue weighted by Crippen LogP contribution is -2.35. The topological polar surface area (TPSA) is 57.7 Å². The van der Waals surface area contributed by atoms with Gasteiger partial charge in [-0.15, -0.1) is 0 Å². The lowest BCUT2D eigenvalue weighted by atomic mass is 10.1. The number of hydrogen-bond donors (Lipinski definition) is 0. The second-order valence-corrected chi connectivity index (χ2v) is 9.10. The van der Waals surface area contributed by atoms with Crippen LogP contribution in [0.25, 0.3) is 0 Å². The zero-order valence-corrected chi connectivity index (χ0v) is 17.1. The predicted octanol–water partition coefficient (Wildman–Crippen LogP) is 3.74. The summed E-state index contributed by atoms with van der Waals surface area (Å²) in [7, 11) is -1.97. The summed E-state index contributed by atoms with van der Waals surface area (Å²) in [5.74, 6) is -2.22. The average Bonchev–Trinajstić information content (AvgIpc) is 2.74. The van der Waals surface area contributed by atoms with Crippen molar-refractivity contribution in [3.63, 3.8) is 0 Å². The molecule has 3 rings (SSSR count). The zero-order valence-electron chi connectivity index (χ0n) is 16.3. The number of rotatable bonds is 6. The number of aryl methyl sites for hydroxylation is 1. The Morgan fingerprint density at radius 2 is 1.66 bits per heavy atom. The molecule has 2 aromatic rings. The number of carbonyl (C=O) groups is 1. The molecule has 8 heteroatoms. The van der Waals surface area contributed by atoms with Gasteiger partial charge in [0, 0.05) is 38.3 Å². The van der Waals surface area contributed by atoms with Gasteiger partial charge < -0.3 is 4.90 Å². The molecule has 0 radical (unpaired) electrons. The highest BCUT2D eigenvalue weighted by atomic mass is 32.2. The Balaban J connectivity index is 1.61. The molecule has 1 fully saturated rings. The molecule has 0 saturated carbocycles. The highest BCUT2D eigenvalue weighted by Crippen LogP contribution is 2.22. The fourth-order valence-electron chi connectivity index (χ4n) is 3.34. The van der Waals surface area contributed by atoms with Crippen LogP contribution in [0.4, 0.5) is 14.5 Å². The fraction of sp³-hybridized carbons (Fsp3) is 0.381. The molecule has 29 heavy (non-hydrogen) atoms. The van der Waals surface area contributed by atoms with E-state index in [1.54, 1.807) is 24.3 Å². The van der Waals surface area contributed by atoms with Gasteiger partial charge in [0.15, 0.2) is 11.6 Å². The standard InChI is InChI=1S/C21H24F2N2O3S/c1-24(17-8-11-19(22)20(23)15-17)21(26)12-7-16-5-9-18(10-6-16)29(27,28)25-13-3-2-4-14-25/h5-6,8-11,15H,2-4,7,12-14H2,1H3. The molecule has 1 amide bonds. The predicted molar refractivity (Wildman–Crippen MR) is 107 cm³/mol. The number of nitrogens with zero attached hydrogens (tertiary/aromatic N) is 2. The summed E-state index contributed by atoms with van der Waals surface area (Å²) >= 11 is 0. The first-order valence-corrected chi connectivity index (χ1v) is 11.0. The summed E-state index contributed by atoms with van der Waals surface area (Å²) in [6.07, 6.45) is 3.39. The van der Waals surface area contributed by atoms with Crippen LogP contribution in [0.2, 0.25) is 0 Å². The van der Waals surface area contributed by atoms with E-state index in [0.717, 1.165) is 37.0 Å². The Morgan fingerprint density at radius 3 is 2.28 bits per heavy atom. The SMILES string of the molecule is CN(C(=O)CCc1ccc(S(=O)(=O)N2CCCCC2)cc1)c1ccc(F)c(F)c1. The summed E-state index contributed by atoms with van der Waals surface area (Å²) in [5, 5.41) is 0. The van der Waals surface area contributed by atoms with Crippen molar-refractivity contribution in [3.05, 3.63) is 59.7 Å². The van der Waals surface area contributed by atoms with E-state index in [1.165, 1.54) is 22.3 Å². The minimum Gasteiger partial charge on any atom is -0.315 e. The van der Waals surface area contributed by atoms with Gasteiger partial charge in [-0.25, -0.2) is 17.2 Å². The summed E-state index contributed by atoms with van der Waals surface area (Å²) in [5.41, 5.74) is 1.10. The molecule has 0 aliphatic carbocycles. The molecule has 0 bridgehead atoms. The van der Waals surface area contributed by atoms with Crippen molar-refractivity contribution in [2.75, 3.05) is 25.0 Å². The summed E-state index contributed by atoms with van der Waals surface area (Å²) in [6, 6.07) is 9.87. The first kappa shape index (κ1) is 21.4. The van der Waals surface area contributed by atoms with E-state index in [4.69, 9.17) is 0 Å². The van der Waals surface area contributed by atoms with Crippen molar-refractivity contribution in [1.82, 2.24) is 4.31 Å². The van der Waals surface area contributed by atoms with Crippen molar-refractivity contribution in [2.45, 2.75) is 37.0 Å². The van der Waals surface area contributed by atoms with Crippen molar-refractivity contribution in [3.8, 4) is 0 Å². The molecule has 0 aromatic heterocycles. The minimum atomic E-state index is -3.48. The number of carbonyl (C=O) groups excluding carboxylic acids is 1. The Kier molecular flexibility index (Phi) is 6.64. The molecule has 1 aliphatic rings. The van der Waals surface area contributed by atoms with E-state index in [9.17, 15) is 22.0 Å². The second kappa shape index (κ2) is 9.00. The monoisotopic (exact) mass is 422 g/mol. The first-order valence-electron chi connectivity index (χ1n) is 9.60. The molecule has 0 unspecified atom stereocenters. The van der Waals surface area contributed by atoms with Crippen LogP contribution in [0.3, 0.4) is 0 Å². The van der Waals surface area contributed by atoms with Gasteiger partial charge in [0.05, 0.1) is 4.90 Å². The van der Waals surface area contributed by atoms with Crippen LogP contribution >= 0.6 is 0 Å². The Bertz CT molecular complexity index is 972. The molecular weight excluding hydrogens is 398 g/mol. The molecule has 2 aromatic carbocycles. The van der Waals surface area contributed by atoms with Crippen LogP contribution in [0.1, 0.15) is 31.2 Å². The van der Waals surface area contributed by atoms with E-state index in [1.807, 2.05) is 0 Å². The van der Waals surface area contributed by atoms with Gasteiger partial charge in [-0.05, 0) is 49.1 Å².